The summed E-state index contributed by atoms with van der Waals surface area (Å²) in [6.45, 7) is 1.47. The molecule has 4 bridgehead atoms. The SMILES string of the molecule is COC(=O)N1c2ccccc2[C@]23[C@@H]4CN5CCC[C@@](CC[C@]12C(=O)O)(CC4=O)[C@H]53. The molecule has 2 aliphatic carbocycles. The summed E-state index contributed by atoms with van der Waals surface area (Å²) < 4.78 is 5.08. The molecule has 2 saturated carbocycles. The maximum Gasteiger partial charge on any atom is 0.415 e. The van der Waals surface area contributed by atoms with Crippen molar-refractivity contribution in [1.29, 1.82) is 0 Å². The van der Waals surface area contributed by atoms with Crippen LogP contribution in [0.3, 0.4) is 0 Å². The second-order valence-corrected chi connectivity index (χ2v) is 9.42. The van der Waals surface area contributed by atoms with Crippen LogP contribution in [-0.2, 0) is 19.7 Å². The maximum absolute atomic E-state index is 13.5. The Hall–Kier alpha value is -2.41. The molecule has 6 rings (SSSR count). The Morgan fingerprint density at radius 2 is 2.00 bits per heavy atom. The summed E-state index contributed by atoms with van der Waals surface area (Å²) in [5.74, 6) is -1.27. The molecule has 1 amide bonds. The van der Waals surface area contributed by atoms with Gasteiger partial charge in [-0.05, 0) is 49.3 Å². The van der Waals surface area contributed by atoms with Gasteiger partial charge in [0.25, 0.3) is 0 Å². The molecule has 1 aromatic carbocycles. The number of para-hydroxylation sites is 1. The van der Waals surface area contributed by atoms with Gasteiger partial charge in [0.1, 0.15) is 5.78 Å². The van der Waals surface area contributed by atoms with E-state index in [0.717, 1.165) is 24.9 Å². The number of methoxy groups -OCH3 is 1. The Kier molecular flexibility index (Phi) is 3.12. The third-order valence-corrected chi connectivity index (χ3v) is 8.73. The van der Waals surface area contributed by atoms with Crippen molar-refractivity contribution in [2.24, 2.45) is 11.3 Å². The van der Waals surface area contributed by atoms with Gasteiger partial charge in [-0.15, -0.1) is 0 Å². The third-order valence-electron chi connectivity index (χ3n) is 8.73. The first-order valence-corrected chi connectivity index (χ1v) is 10.4. The van der Waals surface area contributed by atoms with E-state index in [1.54, 1.807) is 6.07 Å². The van der Waals surface area contributed by atoms with Crippen LogP contribution in [0.2, 0.25) is 0 Å². The molecule has 152 valence electrons. The first-order valence-electron chi connectivity index (χ1n) is 10.4. The molecule has 0 radical (unpaired) electrons. The molecule has 4 fully saturated rings. The lowest BCUT2D eigenvalue weighted by Crippen LogP contribution is -2.78. The fourth-order valence-electron chi connectivity index (χ4n) is 8.14. The number of carbonyl (C=O) groups excluding carboxylic acids is 2. The van der Waals surface area contributed by atoms with Crippen LogP contribution in [0.1, 0.15) is 37.7 Å². The number of aliphatic carboxylic acids is 1. The molecular weight excluding hydrogens is 372 g/mol. The average molecular weight is 396 g/mol. The number of fused-ring (bicyclic) bond motifs is 1. The summed E-state index contributed by atoms with van der Waals surface area (Å²) in [5, 5.41) is 10.7. The van der Waals surface area contributed by atoms with E-state index < -0.39 is 28.9 Å². The van der Waals surface area contributed by atoms with Crippen molar-refractivity contribution >= 4 is 23.5 Å². The van der Waals surface area contributed by atoms with Crippen molar-refractivity contribution in [3.63, 3.8) is 0 Å². The monoisotopic (exact) mass is 396 g/mol. The van der Waals surface area contributed by atoms with Crippen LogP contribution >= 0.6 is 0 Å². The standard InChI is InChI=1S/C22H24N2O5/c1-29-19(28)24-15-6-3-2-5-13(15)22-14-12-23-10-4-7-20(17(22)23,11-16(14)25)8-9-21(22,24)18(26)27/h2-3,5-6,14,17H,4,7-12H2,1H3,(H,26,27)/t14-,17+,20-,21-,22-/m1/s1. The van der Waals surface area contributed by atoms with Crippen molar-refractivity contribution in [3.8, 4) is 0 Å². The van der Waals surface area contributed by atoms with Crippen LogP contribution in [0.4, 0.5) is 10.5 Å². The van der Waals surface area contributed by atoms with E-state index in [9.17, 15) is 19.5 Å². The largest absolute Gasteiger partial charge is 0.479 e. The quantitative estimate of drug-likeness (QED) is 0.783. The summed E-state index contributed by atoms with van der Waals surface area (Å²) in [6.07, 6.45) is 2.85. The predicted octanol–water partition coefficient (Wildman–Crippen LogP) is 2.18. The van der Waals surface area contributed by atoms with Gasteiger partial charge < -0.3 is 9.84 Å². The normalized spacial score (nSPS) is 41.7. The smallest absolute Gasteiger partial charge is 0.415 e. The zero-order valence-corrected chi connectivity index (χ0v) is 16.4. The molecule has 0 aromatic heterocycles. The molecule has 1 aromatic rings. The molecule has 7 nitrogen and oxygen atoms in total. The molecule has 3 aliphatic heterocycles. The van der Waals surface area contributed by atoms with Crippen molar-refractivity contribution in [1.82, 2.24) is 4.90 Å². The summed E-state index contributed by atoms with van der Waals surface area (Å²) in [4.78, 5) is 43.4. The third kappa shape index (κ3) is 1.59. The molecular formula is C22H24N2O5. The summed E-state index contributed by atoms with van der Waals surface area (Å²) in [5.41, 5.74) is -1.18. The Morgan fingerprint density at radius 1 is 1.21 bits per heavy atom. The van der Waals surface area contributed by atoms with E-state index in [1.165, 1.54) is 12.0 Å². The number of carboxylic acid groups (broad SMARTS) is 1. The summed E-state index contributed by atoms with van der Waals surface area (Å²) >= 11 is 0. The van der Waals surface area contributed by atoms with Crippen LogP contribution in [0.5, 0.6) is 0 Å². The summed E-state index contributed by atoms with van der Waals surface area (Å²) in [7, 11) is 1.29. The van der Waals surface area contributed by atoms with Gasteiger partial charge in [0.05, 0.1) is 18.2 Å². The van der Waals surface area contributed by atoms with Crippen LogP contribution in [0.25, 0.3) is 0 Å². The molecule has 1 spiro atoms. The minimum atomic E-state index is -1.50. The van der Waals surface area contributed by atoms with E-state index in [4.69, 9.17) is 4.74 Å². The van der Waals surface area contributed by atoms with E-state index in [-0.39, 0.29) is 17.2 Å². The van der Waals surface area contributed by atoms with Gasteiger partial charge >= 0.3 is 12.1 Å². The Morgan fingerprint density at radius 3 is 2.76 bits per heavy atom. The lowest BCUT2D eigenvalue weighted by molar-refractivity contribution is -0.163. The Balaban J connectivity index is 1.74. The number of ether oxygens (including phenoxy) is 1. The summed E-state index contributed by atoms with van der Waals surface area (Å²) in [6, 6.07) is 7.43. The Bertz CT molecular complexity index is 978. The number of hydrogen-bond donors (Lipinski definition) is 1. The first-order chi connectivity index (χ1) is 13.9. The van der Waals surface area contributed by atoms with E-state index in [0.29, 0.717) is 31.5 Å². The first kappa shape index (κ1) is 17.4. The molecule has 7 heteroatoms. The highest BCUT2D eigenvalue weighted by molar-refractivity contribution is 6.06. The van der Waals surface area contributed by atoms with E-state index in [2.05, 4.69) is 4.90 Å². The molecule has 3 heterocycles. The van der Waals surface area contributed by atoms with Gasteiger partial charge in [0.15, 0.2) is 5.54 Å². The predicted molar refractivity (Wildman–Crippen MR) is 103 cm³/mol. The van der Waals surface area contributed by atoms with Crippen LogP contribution in [0.15, 0.2) is 24.3 Å². The highest BCUT2D eigenvalue weighted by Gasteiger charge is 2.84. The highest BCUT2D eigenvalue weighted by Crippen LogP contribution is 2.73. The number of carboxylic acids is 1. The lowest BCUT2D eigenvalue weighted by Gasteiger charge is -2.64. The zero-order valence-electron chi connectivity index (χ0n) is 16.4. The zero-order chi connectivity index (χ0) is 20.2. The topological polar surface area (TPSA) is 87.2 Å². The molecule has 1 N–H and O–H groups in total. The maximum atomic E-state index is 13.5. The van der Waals surface area contributed by atoms with Gasteiger partial charge in [-0.1, -0.05) is 18.2 Å². The van der Waals surface area contributed by atoms with Gasteiger partial charge in [-0.2, -0.15) is 0 Å². The molecule has 2 saturated heterocycles. The number of carbonyl (C=O) groups is 3. The van der Waals surface area contributed by atoms with Gasteiger partial charge in [0, 0.05) is 24.9 Å². The van der Waals surface area contributed by atoms with Crippen molar-refractivity contribution in [2.45, 2.75) is 49.1 Å². The highest BCUT2D eigenvalue weighted by atomic mass is 16.5. The van der Waals surface area contributed by atoms with E-state index in [1.807, 2.05) is 18.2 Å². The number of nitrogens with zero attached hydrogens (tertiary/aromatic N) is 2. The number of rotatable bonds is 1. The van der Waals surface area contributed by atoms with Crippen LogP contribution in [-0.4, -0.2) is 59.6 Å². The number of ketones is 1. The van der Waals surface area contributed by atoms with Crippen molar-refractivity contribution < 1.29 is 24.2 Å². The van der Waals surface area contributed by atoms with Gasteiger partial charge in [-0.3, -0.25) is 14.6 Å². The lowest BCUT2D eigenvalue weighted by atomic mass is 9.41. The Labute approximate surface area is 168 Å². The van der Waals surface area contributed by atoms with Crippen molar-refractivity contribution in [3.05, 3.63) is 29.8 Å². The molecule has 0 unspecified atom stereocenters. The van der Waals surface area contributed by atoms with E-state index >= 15 is 0 Å². The number of benzene rings is 1. The number of amides is 1. The molecule has 5 aliphatic rings. The van der Waals surface area contributed by atoms with Gasteiger partial charge in [0.2, 0.25) is 0 Å². The van der Waals surface area contributed by atoms with Crippen LogP contribution < -0.4 is 4.90 Å². The minimum absolute atomic E-state index is 0.0351. The second-order valence-electron chi connectivity index (χ2n) is 9.42. The van der Waals surface area contributed by atoms with Crippen molar-refractivity contribution in [2.75, 3.05) is 25.1 Å². The van der Waals surface area contributed by atoms with Crippen LogP contribution in [0, 0.1) is 11.3 Å². The fourth-order valence-corrected chi connectivity index (χ4v) is 8.14. The number of Topliss-reactive ketones (excluding diaryl/α,β-unsaturated/α-hetero) is 1. The molecule has 29 heavy (non-hydrogen) atoms. The fraction of sp³-hybridized carbons (Fsp3) is 0.591. The number of piperidine rings is 1. The number of anilines is 1. The molecule has 5 atom stereocenters. The minimum Gasteiger partial charge on any atom is -0.479 e. The number of hydrogen-bond acceptors (Lipinski definition) is 5. The van der Waals surface area contributed by atoms with Gasteiger partial charge in [-0.25, -0.2) is 9.59 Å². The average Bonchev–Trinajstić information content (AvgIpc) is 3.18. The second kappa shape index (κ2) is 5.19.